The van der Waals surface area contributed by atoms with E-state index in [1.807, 2.05) is 40.9 Å². The third-order valence-electron chi connectivity index (χ3n) is 5.35. The molecule has 1 amide bonds. The lowest BCUT2D eigenvalue weighted by atomic mass is 9.98. The molecule has 0 N–H and O–H groups in total. The number of amides is 1. The molecule has 4 rings (SSSR count). The Kier molecular flexibility index (Phi) is 4.71. The number of aryl methyl sites for hydroxylation is 1. The van der Waals surface area contributed by atoms with Crippen LogP contribution in [0.1, 0.15) is 29.4 Å². The van der Waals surface area contributed by atoms with Crippen molar-refractivity contribution in [1.29, 1.82) is 0 Å². The molecule has 28 heavy (non-hydrogen) atoms. The highest BCUT2D eigenvalue weighted by Crippen LogP contribution is 2.26. The van der Waals surface area contributed by atoms with Gasteiger partial charge < -0.3 is 4.90 Å². The van der Waals surface area contributed by atoms with Crippen LogP contribution in [0.4, 0.5) is 8.78 Å². The van der Waals surface area contributed by atoms with Gasteiger partial charge in [-0.2, -0.15) is 5.10 Å². The van der Waals surface area contributed by atoms with Crippen LogP contribution < -0.4 is 0 Å². The smallest absolute Gasteiger partial charge is 0.219 e. The average molecular weight is 381 g/mol. The Morgan fingerprint density at radius 1 is 1.07 bits per heavy atom. The molecule has 0 radical (unpaired) electrons. The van der Waals surface area contributed by atoms with E-state index in [0.717, 1.165) is 41.4 Å². The van der Waals surface area contributed by atoms with Gasteiger partial charge >= 0.3 is 0 Å². The molecule has 6 heteroatoms. The Bertz CT molecular complexity index is 1040. The highest BCUT2D eigenvalue weighted by Gasteiger charge is 2.25. The zero-order valence-electron chi connectivity index (χ0n) is 15.9. The van der Waals surface area contributed by atoms with Crippen LogP contribution in [0.5, 0.6) is 0 Å². The van der Waals surface area contributed by atoms with E-state index in [2.05, 4.69) is 5.10 Å². The maximum atomic E-state index is 13.5. The number of halogens is 2. The van der Waals surface area contributed by atoms with E-state index in [4.69, 9.17) is 0 Å². The number of carbonyl (C=O) groups excluding carboxylic acids is 1. The van der Waals surface area contributed by atoms with Crippen molar-refractivity contribution in [2.45, 2.75) is 26.3 Å². The standard InChI is InChI=1S/C22H21F2N3O/c1-14(28)27-10-9-22-18(13-27)21(25-26(22)2)11-15-3-5-16(6-4-15)17-7-8-19(23)20(24)12-17/h3-8,12H,9-11,13H2,1-2H3. The highest BCUT2D eigenvalue weighted by atomic mass is 19.2. The lowest BCUT2D eigenvalue weighted by Gasteiger charge is -2.26. The van der Waals surface area contributed by atoms with Gasteiger partial charge in [-0.05, 0) is 28.8 Å². The summed E-state index contributed by atoms with van der Waals surface area (Å²) in [4.78, 5) is 13.6. The first-order valence-corrected chi connectivity index (χ1v) is 9.26. The molecule has 0 atom stereocenters. The molecule has 2 heterocycles. The van der Waals surface area contributed by atoms with E-state index in [1.165, 1.54) is 11.8 Å². The summed E-state index contributed by atoms with van der Waals surface area (Å²) in [7, 11) is 1.94. The molecule has 0 unspecified atom stereocenters. The second-order valence-corrected chi connectivity index (χ2v) is 7.19. The first-order valence-electron chi connectivity index (χ1n) is 9.26. The van der Waals surface area contributed by atoms with Crippen LogP contribution in [-0.2, 0) is 31.2 Å². The summed E-state index contributed by atoms with van der Waals surface area (Å²) >= 11 is 0. The molecular formula is C22H21F2N3O. The molecule has 0 saturated carbocycles. The lowest BCUT2D eigenvalue weighted by Crippen LogP contribution is -2.34. The molecule has 1 aromatic heterocycles. The maximum absolute atomic E-state index is 13.5. The Hall–Kier alpha value is -3.02. The molecule has 0 aliphatic carbocycles. The summed E-state index contributed by atoms with van der Waals surface area (Å²) in [6.45, 7) is 2.92. The van der Waals surface area contributed by atoms with Gasteiger partial charge in [-0.3, -0.25) is 9.48 Å². The van der Waals surface area contributed by atoms with E-state index in [1.54, 1.807) is 13.0 Å². The van der Waals surface area contributed by atoms with E-state index < -0.39 is 11.6 Å². The molecule has 0 bridgehead atoms. The minimum absolute atomic E-state index is 0.0799. The van der Waals surface area contributed by atoms with Crippen molar-refractivity contribution in [2.24, 2.45) is 7.05 Å². The topological polar surface area (TPSA) is 38.1 Å². The molecule has 0 saturated heterocycles. The average Bonchev–Trinajstić information content (AvgIpc) is 2.99. The van der Waals surface area contributed by atoms with E-state index in [9.17, 15) is 13.6 Å². The van der Waals surface area contributed by atoms with E-state index >= 15 is 0 Å². The van der Waals surface area contributed by atoms with Gasteiger partial charge in [0.25, 0.3) is 0 Å². The van der Waals surface area contributed by atoms with Crippen molar-refractivity contribution < 1.29 is 13.6 Å². The largest absolute Gasteiger partial charge is 0.338 e. The van der Waals surface area contributed by atoms with Gasteiger partial charge in [0, 0.05) is 51.2 Å². The molecular weight excluding hydrogens is 360 g/mol. The molecule has 4 nitrogen and oxygen atoms in total. The van der Waals surface area contributed by atoms with Crippen LogP contribution in [0.15, 0.2) is 42.5 Å². The van der Waals surface area contributed by atoms with Gasteiger partial charge in [0.05, 0.1) is 5.69 Å². The van der Waals surface area contributed by atoms with Crippen LogP contribution in [0.3, 0.4) is 0 Å². The van der Waals surface area contributed by atoms with Gasteiger partial charge in [-0.1, -0.05) is 30.3 Å². The monoisotopic (exact) mass is 381 g/mol. The number of nitrogens with zero attached hydrogens (tertiary/aromatic N) is 3. The fourth-order valence-corrected chi connectivity index (χ4v) is 3.76. The highest BCUT2D eigenvalue weighted by molar-refractivity contribution is 5.73. The second-order valence-electron chi connectivity index (χ2n) is 7.19. The minimum atomic E-state index is -0.850. The van der Waals surface area contributed by atoms with Crippen molar-refractivity contribution in [1.82, 2.24) is 14.7 Å². The van der Waals surface area contributed by atoms with Crippen LogP contribution in [0, 0.1) is 11.6 Å². The SMILES string of the molecule is CC(=O)N1CCc2c(c(Cc3ccc(-c4ccc(F)c(F)c4)cc3)nn2C)C1. The summed E-state index contributed by atoms with van der Waals surface area (Å²) in [5, 5.41) is 4.67. The number of hydrogen-bond donors (Lipinski definition) is 0. The number of benzene rings is 2. The lowest BCUT2D eigenvalue weighted by molar-refractivity contribution is -0.129. The Balaban J connectivity index is 1.57. The summed E-state index contributed by atoms with van der Waals surface area (Å²) < 4.78 is 28.5. The summed E-state index contributed by atoms with van der Waals surface area (Å²) in [5.74, 6) is -1.62. The number of hydrogen-bond acceptors (Lipinski definition) is 2. The first-order chi connectivity index (χ1) is 13.4. The Morgan fingerprint density at radius 3 is 2.46 bits per heavy atom. The van der Waals surface area contributed by atoms with Gasteiger partial charge in [0.15, 0.2) is 11.6 Å². The molecule has 3 aromatic rings. The third-order valence-corrected chi connectivity index (χ3v) is 5.35. The quantitative estimate of drug-likeness (QED) is 0.691. The zero-order valence-corrected chi connectivity index (χ0v) is 15.9. The van der Waals surface area contributed by atoms with Gasteiger partial charge in [0.1, 0.15) is 0 Å². The minimum Gasteiger partial charge on any atom is -0.338 e. The second kappa shape index (κ2) is 7.19. The van der Waals surface area contributed by atoms with Crippen molar-refractivity contribution in [3.63, 3.8) is 0 Å². The molecule has 0 fully saturated rings. The maximum Gasteiger partial charge on any atom is 0.219 e. The first kappa shape index (κ1) is 18.3. The van der Waals surface area contributed by atoms with Crippen molar-refractivity contribution >= 4 is 5.91 Å². The van der Waals surface area contributed by atoms with Crippen LogP contribution >= 0.6 is 0 Å². The fraction of sp³-hybridized carbons (Fsp3) is 0.273. The summed E-state index contributed by atoms with van der Waals surface area (Å²) in [6.07, 6.45) is 1.47. The molecule has 1 aliphatic rings. The normalized spacial score (nSPS) is 13.5. The van der Waals surface area contributed by atoms with Crippen LogP contribution in [0.2, 0.25) is 0 Å². The van der Waals surface area contributed by atoms with Crippen molar-refractivity contribution in [3.05, 3.63) is 76.6 Å². The molecule has 144 valence electrons. The van der Waals surface area contributed by atoms with Crippen molar-refractivity contribution in [3.8, 4) is 11.1 Å². The zero-order chi connectivity index (χ0) is 19.8. The van der Waals surface area contributed by atoms with Gasteiger partial charge in [0.2, 0.25) is 5.91 Å². The van der Waals surface area contributed by atoms with Gasteiger partial charge in [-0.25, -0.2) is 8.78 Å². The summed E-state index contributed by atoms with van der Waals surface area (Å²) in [6, 6.07) is 11.7. The molecule has 1 aliphatic heterocycles. The number of aromatic nitrogens is 2. The predicted molar refractivity (Wildman–Crippen MR) is 103 cm³/mol. The predicted octanol–water partition coefficient (Wildman–Crippen LogP) is 3.86. The van der Waals surface area contributed by atoms with E-state index in [-0.39, 0.29) is 5.91 Å². The summed E-state index contributed by atoms with van der Waals surface area (Å²) in [5.41, 5.74) is 5.84. The van der Waals surface area contributed by atoms with Crippen LogP contribution in [0.25, 0.3) is 11.1 Å². The Labute approximate surface area is 162 Å². The Morgan fingerprint density at radius 2 is 1.79 bits per heavy atom. The number of fused-ring (bicyclic) bond motifs is 1. The fourth-order valence-electron chi connectivity index (χ4n) is 3.76. The number of carbonyl (C=O) groups is 1. The van der Waals surface area contributed by atoms with E-state index in [0.29, 0.717) is 18.5 Å². The van der Waals surface area contributed by atoms with Crippen LogP contribution in [-0.4, -0.2) is 27.1 Å². The van der Waals surface area contributed by atoms with Crippen molar-refractivity contribution in [2.75, 3.05) is 6.54 Å². The number of rotatable bonds is 3. The molecule has 2 aromatic carbocycles. The van der Waals surface area contributed by atoms with Gasteiger partial charge in [-0.15, -0.1) is 0 Å². The molecule has 0 spiro atoms. The third kappa shape index (κ3) is 3.42.